The molecule has 1 aliphatic rings. The smallest absolute Gasteiger partial charge is 0.355 e. The predicted molar refractivity (Wildman–Crippen MR) is 110 cm³/mol. The molecule has 30 heavy (non-hydrogen) atoms. The highest BCUT2D eigenvalue weighted by Gasteiger charge is 2.38. The minimum Gasteiger partial charge on any atom is -0.464 e. The highest BCUT2D eigenvalue weighted by molar-refractivity contribution is 6.14. The number of ketones is 1. The van der Waals surface area contributed by atoms with Crippen LogP contribution in [0.4, 0.5) is 5.95 Å². The average molecular weight is 403 g/mol. The van der Waals surface area contributed by atoms with E-state index in [1.165, 1.54) is 11.8 Å². The Bertz CT molecular complexity index is 1130. The van der Waals surface area contributed by atoms with Crippen LogP contribution in [0.15, 0.2) is 59.8 Å². The molecule has 1 atom stereocenters. The van der Waals surface area contributed by atoms with Gasteiger partial charge in [-0.15, -0.1) is 0 Å². The fourth-order valence-corrected chi connectivity index (χ4v) is 3.49. The van der Waals surface area contributed by atoms with Crippen molar-refractivity contribution in [3.63, 3.8) is 0 Å². The number of rotatable bonds is 5. The van der Waals surface area contributed by atoms with Gasteiger partial charge in [0.25, 0.3) is 0 Å². The standard InChI is InChI=1S/C22H21N5O3/c1-4-14-7-11-15(12-8-14)19-17(20(28)16-9-5-13(2)6-10-16)18(21(29)30-3)23-22-24-25-26-27(19)22/h5-12,19H,4H2,1-3H3,(H,23,24,26)/t19-/m0/s1. The van der Waals surface area contributed by atoms with Crippen molar-refractivity contribution in [3.05, 3.63) is 82.1 Å². The topological polar surface area (TPSA) is 99.0 Å². The van der Waals surface area contributed by atoms with E-state index in [0.29, 0.717) is 5.56 Å². The van der Waals surface area contributed by atoms with E-state index in [4.69, 9.17) is 4.74 Å². The average Bonchev–Trinajstić information content (AvgIpc) is 3.26. The van der Waals surface area contributed by atoms with Crippen molar-refractivity contribution in [2.24, 2.45) is 0 Å². The molecule has 0 spiro atoms. The lowest BCUT2D eigenvalue weighted by Crippen LogP contribution is -2.33. The summed E-state index contributed by atoms with van der Waals surface area (Å²) in [6.45, 7) is 4.02. The lowest BCUT2D eigenvalue weighted by molar-refractivity contribution is -0.136. The van der Waals surface area contributed by atoms with Crippen LogP contribution in [0.5, 0.6) is 0 Å². The molecular formula is C22H21N5O3. The Morgan fingerprint density at radius 3 is 2.43 bits per heavy atom. The number of hydrogen-bond donors (Lipinski definition) is 1. The maximum absolute atomic E-state index is 13.6. The zero-order chi connectivity index (χ0) is 21.3. The number of benzene rings is 2. The molecule has 8 heteroatoms. The Kier molecular flexibility index (Phi) is 5.14. The Labute approximate surface area is 173 Å². The van der Waals surface area contributed by atoms with Crippen molar-refractivity contribution < 1.29 is 14.3 Å². The summed E-state index contributed by atoms with van der Waals surface area (Å²) < 4.78 is 6.46. The summed E-state index contributed by atoms with van der Waals surface area (Å²) in [6.07, 6.45) is 0.890. The molecule has 0 fully saturated rings. The first-order valence-corrected chi connectivity index (χ1v) is 9.61. The highest BCUT2D eigenvalue weighted by Crippen LogP contribution is 2.36. The second-order valence-corrected chi connectivity index (χ2v) is 7.05. The van der Waals surface area contributed by atoms with Crippen molar-refractivity contribution in [1.82, 2.24) is 20.2 Å². The summed E-state index contributed by atoms with van der Waals surface area (Å²) in [4.78, 5) is 26.2. The van der Waals surface area contributed by atoms with Crippen molar-refractivity contribution >= 4 is 17.7 Å². The number of carbonyl (C=O) groups excluding carboxylic acids is 2. The molecule has 0 radical (unpaired) electrons. The van der Waals surface area contributed by atoms with Gasteiger partial charge in [0.05, 0.1) is 12.7 Å². The molecule has 2 heterocycles. The molecule has 0 bridgehead atoms. The van der Waals surface area contributed by atoms with E-state index < -0.39 is 12.0 Å². The van der Waals surface area contributed by atoms with Crippen LogP contribution in [0.3, 0.4) is 0 Å². The molecule has 0 amide bonds. The Balaban J connectivity index is 1.92. The predicted octanol–water partition coefficient (Wildman–Crippen LogP) is 2.87. The normalized spacial score (nSPS) is 15.4. The van der Waals surface area contributed by atoms with Gasteiger partial charge in [0.15, 0.2) is 5.78 Å². The van der Waals surface area contributed by atoms with Gasteiger partial charge in [-0.25, -0.2) is 4.79 Å². The molecule has 0 unspecified atom stereocenters. The molecule has 3 aromatic rings. The molecule has 8 nitrogen and oxygen atoms in total. The fraction of sp³-hybridized carbons (Fsp3) is 0.227. The van der Waals surface area contributed by atoms with Crippen LogP contribution in [0.1, 0.15) is 40.0 Å². The maximum atomic E-state index is 13.6. The number of nitrogens with one attached hydrogen (secondary N) is 1. The summed E-state index contributed by atoms with van der Waals surface area (Å²) in [5.41, 5.74) is 3.72. The number of ether oxygens (including phenoxy) is 1. The number of allylic oxidation sites excluding steroid dienone is 1. The molecule has 1 aromatic heterocycles. The van der Waals surface area contributed by atoms with E-state index in [1.54, 1.807) is 12.1 Å². The molecule has 2 aromatic carbocycles. The first-order valence-electron chi connectivity index (χ1n) is 9.61. The summed E-state index contributed by atoms with van der Waals surface area (Å²) in [5.74, 6) is -0.691. The van der Waals surface area contributed by atoms with Crippen LogP contribution in [0, 0.1) is 6.92 Å². The number of esters is 1. The quantitative estimate of drug-likeness (QED) is 0.516. The van der Waals surface area contributed by atoms with Crippen molar-refractivity contribution in [1.29, 1.82) is 0 Å². The molecular weight excluding hydrogens is 382 g/mol. The number of methoxy groups -OCH3 is 1. The van der Waals surface area contributed by atoms with E-state index in [9.17, 15) is 9.59 Å². The number of anilines is 1. The third-order valence-corrected chi connectivity index (χ3v) is 5.17. The number of aryl methyl sites for hydroxylation is 2. The zero-order valence-corrected chi connectivity index (χ0v) is 16.9. The zero-order valence-electron chi connectivity index (χ0n) is 16.9. The van der Waals surface area contributed by atoms with Crippen LogP contribution in [-0.4, -0.2) is 39.1 Å². The second-order valence-electron chi connectivity index (χ2n) is 7.05. The number of Topliss-reactive ketones (excluding diaryl/α,β-unsaturated/α-hetero) is 1. The number of fused-ring (bicyclic) bond motifs is 1. The number of tetrazole rings is 1. The lowest BCUT2D eigenvalue weighted by atomic mass is 9.89. The van der Waals surface area contributed by atoms with E-state index in [0.717, 1.165) is 23.1 Å². The Morgan fingerprint density at radius 2 is 1.80 bits per heavy atom. The fourth-order valence-electron chi connectivity index (χ4n) is 3.49. The largest absolute Gasteiger partial charge is 0.464 e. The number of aromatic nitrogens is 4. The van der Waals surface area contributed by atoms with Gasteiger partial charge in [0.1, 0.15) is 11.7 Å². The summed E-state index contributed by atoms with van der Waals surface area (Å²) in [7, 11) is 1.27. The van der Waals surface area contributed by atoms with Gasteiger partial charge in [0.2, 0.25) is 5.95 Å². The SMILES string of the molecule is CCc1ccc([C@H]2C(C(=O)c3ccc(C)cc3)=C(C(=O)OC)Nc3nnnn32)cc1. The van der Waals surface area contributed by atoms with Crippen LogP contribution < -0.4 is 5.32 Å². The van der Waals surface area contributed by atoms with E-state index in [1.807, 2.05) is 43.3 Å². The van der Waals surface area contributed by atoms with Gasteiger partial charge in [-0.05, 0) is 34.9 Å². The minimum absolute atomic E-state index is 0.0370. The van der Waals surface area contributed by atoms with Crippen molar-refractivity contribution in [3.8, 4) is 0 Å². The second kappa shape index (κ2) is 7.90. The first kappa shape index (κ1) is 19.5. The van der Waals surface area contributed by atoms with Gasteiger partial charge in [-0.1, -0.05) is 66.1 Å². The van der Waals surface area contributed by atoms with E-state index in [2.05, 4.69) is 27.8 Å². The molecule has 1 aliphatic heterocycles. The molecule has 1 N–H and O–H groups in total. The van der Waals surface area contributed by atoms with Gasteiger partial charge in [-0.2, -0.15) is 4.68 Å². The number of nitrogens with zero attached hydrogens (tertiary/aromatic N) is 4. The van der Waals surface area contributed by atoms with Gasteiger partial charge < -0.3 is 10.1 Å². The highest BCUT2D eigenvalue weighted by atomic mass is 16.5. The maximum Gasteiger partial charge on any atom is 0.355 e. The van der Waals surface area contributed by atoms with Crippen LogP contribution >= 0.6 is 0 Å². The Morgan fingerprint density at radius 1 is 1.10 bits per heavy atom. The first-order chi connectivity index (χ1) is 14.5. The van der Waals surface area contributed by atoms with E-state index in [-0.39, 0.29) is 23.0 Å². The van der Waals surface area contributed by atoms with Gasteiger partial charge in [0, 0.05) is 5.56 Å². The Hall–Kier alpha value is -3.81. The minimum atomic E-state index is -0.676. The third kappa shape index (κ3) is 3.36. The monoisotopic (exact) mass is 403 g/mol. The molecule has 4 rings (SSSR count). The summed E-state index contributed by atoms with van der Waals surface area (Å²) in [6, 6.07) is 14.4. The van der Waals surface area contributed by atoms with Crippen molar-refractivity contribution in [2.45, 2.75) is 26.3 Å². The molecule has 0 aliphatic carbocycles. The van der Waals surface area contributed by atoms with E-state index >= 15 is 0 Å². The van der Waals surface area contributed by atoms with Gasteiger partial charge >= 0.3 is 5.97 Å². The van der Waals surface area contributed by atoms with Crippen LogP contribution in [-0.2, 0) is 16.0 Å². The summed E-state index contributed by atoms with van der Waals surface area (Å²) >= 11 is 0. The number of carbonyl (C=O) groups is 2. The number of hydrogen-bond acceptors (Lipinski definition) is 7. The third-order valence-electron chi connectivity index (χ3n) is 5.17. The molecule has 0 saturated carbocycles. The van der Waals surface area contributed by atoms with Gasteiger partial charge in [-0.3, -0.25) is 4.79 Å². The molecule has 0 saturated heterocycles. The van der Waals surface area contributed by atoms with Crippen molar-refractivity contribution in [2.75, 3.05) is 12.4 Å². The molecule has 152 valence electrons. The van der Waals surface area contributed by atoms with Crippen LogP contribution in [0.25, 0.3) is 0 Å². The lowest BCUT2D eigenvalue weighted by Gasteiger charge is -2.28. The summed E-state index contributed by atoms with van der Waals surface area (Å²) in [5, 5.41) is 14.6. The van der Waals surface area contributed by atoms with Crippen LogP contribution in [0.2, 0.25) is 0 Å².